The summed E-state index contributed by atoms with van der Waals surface area (Å²) in [5.41, 5.74) is 4.31. The van der Waals surface area contributed by atoms with Gasteiger partial charge in [-0.15, -0.1) is 0 Å². The van der Waals surface area contributed by atoms with Crippen molar-refractivity contribution in [2.24, 2.45) is 0 Å². The second kappa shape index (κ2) is 6.04. The number of phenolic OH excluding ortho intramolecular Hbond substituents is 1. The van der Waals surface area contributed by atoms with Gasteiger partial charge in [-0.3, -0.25) is 20.4 Å². The van der Waals surface area contributed by atoms with Crippen molar-refractivity contribution in [2.45, 2.75) is 0 Å². The maximum absolute atomic E-state index is 11.5. The third-order valence-corrected chi connectivity index (χ3v) is 1.81. The summed E-state index contributed by atoms with van der Waals surface area (Å²) in [6.45, 7) is 0. The average Bonchev–Trinajstić information content (AvgIpc) is 2.34. The van der Waals surface area contributed by atoms with Crippen molar-refractivity contribution in [3.8, 4) is 5.75 Å². The Labute approximate surface area is 102 Å². The number of aliphatic carboxylic acids is 1. The van der Waals surface area contributed by atoms with Crippen molar-refractivity contribution < 1.29 is 24.6 Å². The van der Waals surface area contributed by atoms with E-state index >= 15 is 0 Å². The van der Waals surface area contributed by atoms with E-state index in [0.29, 0.717) is 6.08 Å². The first-order valence-corrected chi connectivity index (χ1v) is 4.79. The minimum atomic E-state index is -1.27. The zero-order valence-corrected chi connectivity index (χ0v) is 9.08. The summed E-state index contributed by atoms with van der Waals surface area (Å²) in [6, 6.07) is 5.37. The van der Waals surface area contributed by atoms with Crippen molar-refractivity contribution >= 4 is 17.8 Å². The highest BCUT2D eigenvalue weighted by atomic mass is 16.4. The lowest BCUT2D eigenvalue weighted by atomic mass is 10.2. The number of carbonyl (C=O) groups is 3. The van der Waals surface area contributed by atoms with Crippen LogP contribution in [-0.2, 0) is 9.59 Å². The lowest BCUT2D eigenvalue weighted by Gasteiger charge is -2.04. The van der Waals surface area contributed by atoms with E-state index < -0.39 is 17.8 Å². The fraction of sp³-hybridized carbons (Fsp3) is 0. The van der Waals surface area contributed by atoms with E-state index in [9.17, 15) is 14.4 Å². The van der Waals surface area contributed by atoms with E-state index in [1.54, 1.807) is 0 Å². The van der Waals surface area contributed by atoms with Crippen molar-refractivity contribution in [3.63, 3.8) is 0 Å². The van der Waals surface area contributed by atoms with E-state index in [-0.39, 0.29) is 11.3 Å². The molecule has 0 spiro atoms. The number of phenols is 1. The van der Waals surface area contributed by atoms with Gasteiger partial charge in [0, 0.05) is 17.7 Å². The summed E-state index contributed by atoms with van der Waals surface area (Å²) >= 11 is 0. The molecule has 0 aromatic heterocycles. The smallest absolute Gasteiger partial charge is 0.328 e. The van der Waals surface area contributed by atoms with E-state index in [1.165, 1.54) is 24.3 Å². The third kappa shape index (κ3) is 4.35. The average molecular weight is 250 g/mol. The van der Waals surface area contributed by atoms with Crippen molar-refractivity contribution in [1.29, 1.82) is 0 Å². The summed E-state index contributed by atoms with van der Waals surface area (Å²) < 4.78 is 0. The molecule has 0 heterocycles. The first-order valence-electron chi connectivity index (χ1n) is 4.79. The van der Waals surface area contributed by atoms with Crippen LogP contribution in [-0.4, -0.2) is 28.0 Å². The predicted molar refractivity (Wildman–Crippen MR) is 60.5 cm³/mol. The standard InChI is InChI=1S/C11H10N2O5/c14-8-3-1-7(2-4-8)11(18)13-12-9(15)5-6-10(16)17/h1-6,14H,(H,12,15)(H,13,18)(H,16,17)/b6-5-. The van der Waals surface area contributed by atoms with Crippen LogP contribution in [0, 0.1) is 0 Å². The highest BCUT2D eigenvalue weighted by Crippen LogP contribution is 2.08. The molecule has 0 bridgehead atoms. The minimum absolute atomic E-state index is 0.0139. The van der Waals surface area contributed by atoms with Crippen LogP contribution in [0.3, 0.4) is 0 Å². The largest absolute Gasteiger partial charge is 0.508 e. The first kappa shape index (κ1) is 13.2. The fourth-order valence-corrected chi connectivity index (χ4v) is 0.992. The van der Waals surface area contributed by atoms with Crippen LogP contribution < -0.4 is 10.9 Å². The Balaban J connectivity index is 2.49. The second-order valence-corrected chi connectivity index (χ2v) is 3.16. The number of rotatable bonds is 3. The van der Waals surface area contributed by atoms with Gasteiger partial charge in [0.1, 0.15) is 5.75 Å². The zero-order valence-electron chi connectivity index (χ0n) is 9.08. The van der Waals surface area contributed by atoms with Crippen LogP contribution in [0.15, 0.2) is 36.4 Å². The van der Waals surface area contributed by atoms with E-state index in [2.05, 4.69) is 5.43 Å². The molecule has 2 amide bonds. The number of benzene rings is 1. The van der Waals surface area contributed by atoms with Gasteiger partial charge in [-0.2, -0.15) is 0 Å². The summed E-state index contributed by atoms with van der Waals surface area (Å²) in [5.74, 6) is -2.62. The number of hydrogen-bond donors (Lipinski definition) is 4. The highest BCUT2D eigenvalue weighted by Gasteiger charge is 2.05. The molecule has 1 rings (SSSR count). The maximum Gasteiger partial charge on any atom is 0.328 e. The van der Waals surface area contributed by atoms with Gasteiger partial charge in [-0.1, -0.05) is 0 Å². The minimum Gasteiger partial charge on any atom is -0.508 e. The molecule has 94 valence electrons. The van der Waals surface area contributed by atoms with Gasteiger partial charge in [-0.25, -0.2) is 4.79 Å². The van der Waals surface area contributed by atoms with Gasteiger partial charge in [-0.05, 0) is 24.3 Å². The van der Waals surface area contributed by atoms with Gasteiger partial charge >= 0.3 is 5.97 Å². The molecule has 7 nitrogen and oxygen atoms in total. The summed E-state index contributed by atoms with van der Waals surface area (Å²) in [7, 11) is 0. The lowest BCUT2D eigenvalue weighted by Crippen LogP contribution is -2.40. The first-order chi connectivity index (χ1) is 8.49. The van der Waals surface area contributed by atoms with E-state index in [1.807, 2.05) is 5.43 Å². The van der Waals surface area contributed by atoms with E-state index in [0.717, 1.165) is 6.08 Å². The van der Waals surface area contributed by atoms with Crippen molar-refractivity contribution in [3.05, 3.63) is 42.0 Å². The second-order valence-electron chi connectivity index (χ2n) is 3.16. The van der Waals surface area contributed by atoms with Gasteiger partial charge in [0.2, 0.25) is 0 Å². The Bertz CT molecular complexity index is 493. The predicted octanol–water partition coefficient (Wildman–Crippen LogP) is -0.206. The van der Waals surface area contributed by atoms with Crippen molar-refractivity contribution in [2.75, 3.05) is 0 Å². The number of nitrogens with one attached hydrogen (secondary N) is 2. The van der Waals surface area contributed by atoms with Crippen LogP contribution in [0.1, 0.15) is 10.4 Å². The van der Waals surface area contributed by atoms with Gasteiger partial charge in [0.25, 0.3) is 11.8 Å². The topological polar surface area (TPSA) is 116 Å². The zero-order chi connectivity index (χ0) is 13.5. The number of carboxylic acids is 1. The van der Waals surface area contributed by atoms with Crippen LogP contribution in [0.5, 0.6) is 5.75 Å². The number of carboxylic acid groups (broad SMARTS) is 1. The highest BCUT2D eigenvalue weighted by molar-refractivity contribution is 5.98. The number of hydrogen-bond acceptors (Lipinski definition) is 4. The Hall–Kier alpha value is -2.83. The SMILES string of the molecule is O=C(O)/C=C\C(=O)NNC(=O)c1ccc(O)cc1. The molecule has 7 heteroatoms. The molecule has 0 aliphatic heterocycles. The van der Waals surface area contributed by atoms with Gasteiger partial charge < -0.3 is 10.2 Å². The molecule has 1 aromatic carbocycles. The third-order valence-electron chi connectivity index (χ3n) is 1.81. The Morgan fingerprint density at radius 2 is 1.61 bits per heavy atom. The summed E-state index contributed by atoms with van der Waals surface area (Å²) in [6.07, 6.45) is 1.40. The monoisotopic (exact) mass is 250 g/mol. The van der Waals surface area contributed by atoms with Crippen molar-refractivity contribution in [1.82, 2.24) is 10.9 Å². The molecule has 18 heavy (non-hydrogen) atoms. The van der Waals surface area contributed by atoms with Gasteiger partial charge in [0.15, 0.2) is 0 Å². The molecule has 0 saturated carbocycles. The molecule has 0 unspecified atom stereocenters. The number of carbonyl (C=O) groups excluding carboxylic acids is 2. The van der Waals surface area contributed by atoms with Crippen LogP contribution in [0.2, 0.25) is 0 Å². The van der Waals surface area contributed by atoms with E-state index in [4.69, 9.17) is 10.2 Å². The van der Waals surface area contributed by atoms with Crippen LogP contribution in [0.4, 0.5) is 0 Å². The molecule has 0 saturated heterocycles. The molecule has 0 atom stereocenters. The molecule has 0 radical (unpaired) electrons. The molecule has 0 fully saturated rings. The molecular weight excluding hydrogens is 240 g/mol. The Morgan fingerprint density at radius 1 is 1.00 bits per heavy atom. The molecule has 0 aliphatic rings. The number of hydrazine groups is 1. The molecule has 0 aliphatic carbocycles. The quantitative estimate of drug-likeness (QED) is 0.437. The lowest BCUT2D eigenvalue weighted by molar-refractivity contribution is -0.131. The molecule has 1 aromatic rings. The number of aromatic hydroxyl groups is 1. The summed E-state index contributed by atoms with van der Waals surface area (Å²) in [4.78, 5) is 32.6. The molecular formula is C11H10N2O5. The Kier molecular flexibility index (Phi) is 4.44. The molecule has 4 N–H and O–H groups in total. The maximum atomic E-state index is 11.5. The number of amides is 2. The Morgan fingerprint density at radius 3 is 2.17 bits per heavy atom. The fourth-order valence-electron chi connectivity index (χ4n) is 0.992. The van der Waals surface area contributed by atoms with Gasteiger partial charge in [0.05, 0.1) is 0 Å². The van der Waals surface area contributed by atoms with Crippen LogP contribution >= 0.6 is 0 Å². The normalized spacial score (nSPS) is 10.0. The summed E-state index contributed by atoms with van der Waals surface area (Å²) in [5, 5.41) is 17.3. The van der Waals surface area contributed by atoms with Crippen LogP contribution in [0.25, 0.3) is 0 Å².